The van der Waals surface area contributed by atoms with Gasteiger partial charge in [-0.15, -0.1) is 12.4 Å². The number of anilines is 1. The summed E-state index contributed by atoms with van der Waals surface area (Å²) >= 11 is 0. The summed E-state index contributed by atoms with van der Waals surface area (Å²) in [5.41, 5.74) is 1.07. The van der Waals surface area contributed by atoms with Crippen LogP contribution in [0.25, 0.3) is 0 Å². The molecule has 0 saturated carbocycles. The van der Waals surface area contributed by atoms with Gasteiger partial charge in [-0.3, -0.25) is 9.59 Å². The van der Waals surface area contributed by atoms with Gasteiger partial charge < -0.3 is 20.3 Å². The normalized spacial score (nSPS) is 16.3. The van der Waals surface area contributed by atoms with Gasteiger partial charge in [-0.1, -0.05) is 24.3 Å². The number of amides is 2. The number of benzene rings is 2. The van der Waals surface area contributed by atoms with E-state index < -0.39 is 6.04 Å². The molecule has 1 aliphatic rings. The van der Waals surface area contributed by atoms with Gasteiger partial charge in [-0.25, -0.2) is 4.39 Å². The Bertz CT molecular complexity index is 834. The second-order valence-corrected chi connectivity index (χ2v) is 6.34. The molecule has 0 radical (unpaired) electrons. The Balaban J connectivity index is 0.00000280. The van der Waals surface area contributed by atoms with E-state index in [1.807, 2.05) is 0 Å². The molecule has 150 valence electrons. The van der Waals surface area contributed by atoms with Gasteiger partial charge in [0.15, 0.2) is 0 Å². The molecule has 0 bridgehead atoms. The number of carbonyl (C=O) groups is 2. The van der Waals surface area contributed by atoms with E-state index in [0.29, 0.717) is 30.1 Å². The van der Waals surface area contributed by atoms with Gasteiger partial charge in [-0.2, -0.15) is 0 Å². The molecule has 2 aromatic carbocycles. The number of nitrogens with one attached hydrogen (secondary N) is 2. The zero-order valence-corrected chi connectivity index (χ0v) is 16.3. The minimum absolute atomic E-state index is 0. The van der Waals surface area contributed by atoms with E-state index in [9.17, 15) is 14.0 Å². The first-order valence-electron chi connectivity index (χ1n) is 8.76. The van der Waals surface area contributed by atoms with Crippen LogP contribution in [-0.4, -0.2) is 43.0 Å². The fourth-order valence-electron chi connectivity index (χ4n) is 3.04. The van der Waals surface area contributed by atoms with Crippen LogP contribution >= 0.6 is 12.4 Å². The zero-order chi connectivity index (χ0) is 19.2. The predicted molar refractivity (Wildman–Crippen MR) is 107 cm³/mol. The summed E-state index contributed by atoms with van der Waals surface area (Å²) < 4.78 is 19.0. The smallest absolute Gasteiger partial charge is 0.240 e. The Hall–Kier alpha value is -2.64. The van der Waals surface area contributed by atoms with Gasteiger partial charge in [0.2, 0.25) is 11.8 Å². The molecular weight excluding hydrogens is 385 g/mol. The minimum Gasteiger partial charge on any atom is -0.497 e. The third-order valence-electron chi connectivity index (χ3n) is 4.44. The molecule has 28 heavy (non-hydrogen) atoms. The molecule has 1 aliphatic heterocycles. The number of rotatable bonds is 6. The van der Waals surface area contributed by atoms with E-state index in [0.717, 1.165) is 0 Å². The average molecular weight is 408 g/mol. The largest absolute Gasteiger partial charge is 0.497 e. The number of nitrogens with zero attached hydrogens (tertiary/aromatic N) is 1. The second kappa shape index (κ2) is 10.1. The lowest BCUT2D eigenvalue weighted by Crippen LogP contribution is -2.55. The quantitative estimate of drug-likeness (QED) is 0.772. The number of methoxy groups -OCH3 is 1. The zero-order valence-electron chi connectivity index (χ0n) is 15.5. The summed E-state index contributed by atoms with van der Waals surface area (Å²) in [4.78, 5) is 26.6. The van der Waals surface area contributed by atoms with Crippen LogP contribution in [0.5, 0.6) is 5.75 Å². The maximum Gasteiger partial charge on any atom is 0.240 e. The summed E-state index contributed by atoms with van der Waals surface area (Å²) in [5.74, 6) is -0.181. The monoisotopic (exact) mass is 407 g/mol. The SMILES string of the molecule is COc1cccc(NC(=O)CC2NCCN(Cc3ccccc3F)C2=O)c1.Cl. The van der Waals surface area contributed by atoms with Crippen LogP contribution < -0.4 is 15.4 Å². The van der Waals surface area contributed by atoms with Crippen molar-refractivity contribution in [3.05, 3.63) is 59.9 Å². The Kier molecular flexibility index (Phi) is 7.78. The van der Waals surface area contributed by atoms with Crippen LogP contribution in [0.1, 0.15) is 12.0 Å². The van der Waals surface area contributed by atoms with Crippen molar-refractivity contribution in [2.24, 2.45) is 0 Å². The van der Waals surface area contributed by atoms with Gasteiger partial charge in [-0.05, 0) is 18.2 Å². The Morgan fingerprint density at radius 2 is 2.07 bits per heavy atom. The first-order chi connectivity index (χ1) is 13.1. The van der Waals surface area contributed by atoms with Gasteiger partial charge in [0.05, 0.1) is 19.6 Å². The number of hydrogen-bond acceptors (Lipinski definition) is 4. The van der Waals surface area contributed by atoms with Crippen molar-refractivity contribution < 1.29 is 18.7 Å². The highest BCUT2D eigenvalue weighted by atomic mass is 35.5. The summed E-state index contributed by atoms with van der Waals surface area (Å²) in [7, 11) is 1.55. The lowest BCUT2D eigenvalue weighted by atomic mass is 10.1. The molecule has 1 heterocycles. The molecule has 2 N–H and O–H groups in total. The molecule has 1 atom stereocenters. The van der Waals surface area contributed by atoms with Crippen LogP contribution in [-0.2, 0) is 16.1 Å². The predicted octanol–water partition coefficient (Wildman–Crippen LogP) is 2.59. The number of piperazine rings is 1. The van der Waals surface area contributed by atoms with E-state index in [4.69, 9.17) is 4.74 Å². The van der Waals surface area contributed by atoms with Crippen LogP contribution in [0, 0.1) is 5.82 Å². The molecule has 8 heteroatoms. The standard InChI is InChI=1S/C20H22FN3O3.ClH/c1-27-16-7-4-6-15(11-16)23-19(25)12-18-20(26)24(10-9-22-18)13-14-5-2-3-8-17(14)21;/h2-8,11,18,22H,9-10,12-13H2,1H3,(H,23,25);1H. The van der Waals surface area contributed by atoms with Crippen molar-refractivity contribution >= 4 is 29.9 Å². The van der Waals surface area contributed by atoms with Crippen molar-refractivity contribution in [2.75, 3.05) is 25.5 Å². The molecule has 1 unspecified atom stereocenters. The van der Waals surface area contributed by atoms with Crippen molar-refractivity contribution in [1.29, 1.82) is 0 Å². The molecule has 0 aliphatic carbocycles. The number of halogens is 2. The highest BCUT2D eigenvalue weighted by Crippen LogP contribution is 2.18. The lowest BCUT2D eigenvalue weighted by molar-refractivity contribution is -0.138. The van der Waals surface area contributed by atoms with Crippen molar-refractivity contribution in [2.45, 2.75) is 19.0 Å². The van der Waals surface area contributed by atoms with Gasteiger partial charge in [0.25, 0.3) is 0 Å². The molecule has 6 nitrogen and oxygen atoms in total. The number of ether oxygens (including phenoxy) is 1. The van der Waals surface area contributed by atoms with Gasteiger partial charge in [0.1, 0.15) is 11.6 Å². The van der Waals surface area contributed by atoms with Crippen LogP contribution in [0.3, 0.4) is 0 Å². The molecule has 1 fully saturated rings. The maximum atomic E-state index is 13.9. The van der Waals surface area contributed by atoms with E-state index in [-0.39, 0.29) is 43.0 Å². The minimum atomic E-state index is -0.629. The fourth-order valence-corrected chi connectivity index (χ4v) is 3.04. The molecule has 0 spiro atoms. The third-order valence-corrected chi connectivity index (χ3v) is 4.44. The Labute approximate surface area is 169 Å². The van der Waals surface area contributed by atoms with Crippen LogP contribution in [0.15, 0.2) is 48.5 Å². The number of hydrogen-bond donors (Lipinski definition) is 2. The summed E-state index contributed by atoms with van der Waals surface area (Å²) in [5, 5.41) is 5.84. The molecule has 1 saturated heterocycles. The molecule has 2 amide bonds. The molecular formula is C20H23ClFN3O3. The first-order valence-corrected chi connectivity index (χ1v) is 8.76. The maximum absolute atomic E-state index is 13.9. The highest BCUT2D eigenvalue weighted by molar-refractivity contribution is 5.95. The van der Waals surface area contributed by atoms with Gasteiger partial charge in [0, 0.05) is 37.0 Å². The molecule has 0 aromatic heterocycles. The summed E-state index contributed by atoms with van der Waals surface area (Å²) in [6.45, 7) is 1.22. The van der Waals surface area contributed by atoms with E-state index >= 15 is 0 Å². The highest BCUT2D eigenvalue weighted by Gasteiger charge is 2.30. The average Bonchev–Trinajstić information content (AvgIpc) is 2.67. The Morgan fingerprint density at radius 1 is 1.29 bits per heavy atom. The second-order valence-electron chi connectivity index (χ2n) is 6.34. The fraction of sp³-hybridized carbons (Fsp3) is 0.300. The van der Waals surface area contributed by atoms with E-state index in [1.165, 1.54) is 6.07 Å². The van der Waals surface area contributed by atoms with Crippen molar-refractivity contribution in [3.8, 4) is 5.75 Å². The Morgan fingerprint density at radius 3 is 2.82 bits per heavy atom. The third kappa shape index (κ3) is 5.43. The van der Waals surface area contributed by atoms with Crippen LogP contribution in [0.2, 0.25) is 0 Å². The molecule has 3 rings (SSSR count). The molecule has 2 aromatic rings. The summed E-state index contributed by atoms with van der Waals surface area (Å²) in [6.07, 6.45) is 0.00378. The lowest BCUT2D eigenvalue weighted by Gasteiger charge is -2.33. The van der Waals surface area contributed by atoms with E-state index in [2.05, 4.69) is 10.6 Å². The van der Waals surface area contributed by atoms with Crippen LogP contribution in [0.4, 0.5) is 10.1 Å². The summed E-state index contributed by atoms with van der Waals surface area (Å²) in [6, 6.07) is 12.8. The van der Waals surface area contributed by atoms with E-state index in [1.54, 1.807) is 54.5 Å². The van der Waals surface area contributed by atoms with Crippen molar-refractivity contribution in [3.63, 3.8) is 0 Å². The topological polar surface area (TPSA) is 70.7 Å². The van der Waals surface area contributed by atoms with Crippen molar-refractivity contribution in [1.82, 2.24) is 10.2 Å². The van der Waals surface area contributed by atoms with Gasteiger partial charge >= 0.3 is 0 Å². The number of carbonyl (C=O) groups excluding carboxylic acids is 2. The first kappa shape index (κ1) is 21.7.